The lowest BCUT2D eigenvalue weighted by Crippen LogP contribution is -2.34. The number of hydrogen-bond donors (Lipinski definition) is 1. The van der Waals surface area contributed by atoms with Crippen molar-refractivity contribution in [2.75, 3.05) is 19.6 Å². The van der Waals surface area contributed by atoms with Crippen LogP contribution >= 0.6 is 0 Å². The zero-order chi connectivity index (χ0) is 13.7. The highest BCUT2D eigenvalue weighted by molar-refractivity contribution is 5.30. The summed E-state index contributed by atoms with van der Waals surface area (Å²) < 4.78 is 0. The van der Waals surface area contributed by atoms with Crippen molar-refractivity contribution < 1.29 is 0 Å². The Morgan fingerprint density at radius 3 is 2.05 bits per heavy atom. The fourth-order valence-corrected chi connectivity index (χ4v) is 3.10. The minimum atomic E-state index is 0.151. The van der Waals surface area contributed by atoms with Crippen LogP contribution in [0.25, 0.3) is 0 Å². The first-order valence-corrected chi connectivity index (χ1v) is 7.71. The number of hydrogen-bond acceptors (Lipinski definition) is 2. The third kappa shape index (κ3) is 4.63. The summed E-state index contributed by atoms with van der Waals surface area (Å²) in [5, 5.41) is 0. The highest BCUT2D eigenvalue weighted by atomic mass is 15.1. The van der Waals surface area contributed by atoms with Crippen LogP contribution in [0.1, 0.15) is 54.8 Å². The molecule has 1 heterocycles. The SMILES string of the molecule is Cc1cc(C)cc(C(N)CN2CCCCCCC2)c1. The Kier molecular flexibility index (Phi) is 5.41. The van der Waals surface area contributed by atoms with Crippen molar-refractivity contribution >= 4 is 0 Å². The highest BCUT2D eigenvalue weighted by Crippen LogP contribution is 2.18. The molecule has 1 atom stereocenters. The van der Waals surface area contributed by atoms with Gasteiger partial charge in [0.05, 0.1) is 0 Å². The van der Waals surface area contributed by atoms with Crippen molar-refractivity contribution in [1.29, 1.82) is 0 Å². The fraction of sp³-hybridized carbons (Fsp3) is 0.647. The van der Waals surface area contributed by atoms with Gasteiger partial charge in [-0.3, -0.25) is 0 Å². The molecule has 0 aromatic heterocycles. The lowest BCUT2D eigenvalue weighted by atomic mass is 10.0. The van der Waals surface area contributed by atoms with Crippen molar-refractivity contribution in [2.45, 2.75) is 52.0 Å². The first-order chi connectivity index (χ1) is 9.15. The topological polar surface area (TPSA) is 29.3 Å². The van der Waals surface area contributed by atoms with E-state index in [9.17, 15) is 0 Å². The van der Waals surface area contributed by atoms with E-state index < -0.39 is 0 Å². The molecule has 0 saturated carbocycles. The minimum absolute atomic E-state index is 0.151. The van der Waals surface area contributed by atoms with Crippen LogP contribution < -0.4 is 5.73 Å². The molecule has 1 saturated heterocycles. The maximum absolute atomic E-state index is 6.41. The predicted octanol–water partition coefficient (Wildman–Crippen LogP) is 3.57. The van der Waals surface area contributed by atoms with E-state index in [4.69, 9.17) is 5.73 Å². The van der Waals surface area contributed by atoms with Crippen molar-refractivity contribution in [1.82, 2.24) is 4.90 Å². The second kappa shape index (κ2) is 7.06. The van der Waals surface area contributed by atoms with E-state index in [0.717, 1.165) is 6.54 Å². The molecule has 19 heavy (non-hydrogen) atoms. The van der Waals surface area contributed by atoms with Crippen LogP contribution in [0, 0.1) is 13.8 Å². The van der Waals surface area contributed by atoms with Crippen molar-refractivity contribution in [3.05, 3.63) is 34.9 Å². The average Bonchev–Trinajstić information content (AvgIpc) is 2.31. The summed E-state index contributed by atoms with van der Waals surface area (Å²) in [6, 6.07) is 6.84. The maximum atomic E-state index is 6.41. The molecule has 2 rings (SSSR count). The zero-order valence-electron chi connectivity index (χ0n) is 12.5. The molecule has 106 valence electrons. The van der Waals surface area contributed by atoms with Crippen LogP contribution in [0.5, 0.6) is 0 Å². The number of likely N-dealkylation sites (tertiary alicyclic amines) is 1. The molecule has 0 radical (unpaired) electrons. The van der Waals surface area contributed by atoms with Crippen LogP contribution in [-0.4, -0.2) is 24.5 Å². The molecular weight excluding hydrogens is 232 g/mol. The van der Waals surface area contributed by atoms with E-state index in [1.54, 1.807) is 0 Å². The number of aryl methyl sites for hydroxylation is 2. The molecule has 1 aliphatic rings. The molecule has 2 N–H and O–H groups in total. The third-order valence-corrected chi connectivity index (χ3v) is 4.08. The monoisotopic (exact) mass is 260 g/mol. The summed E-state index contributed by atoms with van der Waals surface area (Å²) in [5.41, 5.74) is 10.3. The first kappa shape index (κ1) is 14.5. The van der Waals surface area contributed by atoms with Gasteiger partial charge >= 0.3 is 0 Å². The van der Waals surface area contributed by atoms with Gasteiger partial charge < -0.3 is 10.6 Å². The van der Waals surface area contributed by atoms with E-state index in [-0.39, 0.29) is 6.04 Å². The standard InChI is InChI=1S/C17H28N2/c1-14-10-15(2)12-16(11-14)17(18)13-19-8-6-4-3-5-7-9-19/h10-12,17H,3-9,13,18H2,1-2H3. The van der Waals surface area contributed by atoms with Gasteiger partial charge in [0.1, 0.15) is 0 Å². The predicted molar refractivity (Wildman–Crippen MR) is 82.4 cm³/mol. The van der Waals surface area contributed by atoms with Gasteiger partial charge in [0.25, 0.3) is 0 Å². The summed E-state index contributed by atoms with van der Waals surface area (Å²) in [7, 11) is 0. The largest absolute Gasteiger partial charge is 0.323 e. The molecule has 2 nitrogen and oxygen atoms in total. The van der Waals surface area contributed by atoms with Crippen molar-refractivity contribution in [3.8, 4) is 0 Å². The molecule has 1 unspecified atom stereocenters. The molecule has 0 aliphatic carbocycles. The summed E-state index contributed by atoms with van der Waals surface area (Å²) in [4.78, 5) is 2.56. The number of nitrogens with zero attached hydrogens (tertiary/aromatic N) is 1. The second-order valence-electron chi connectivity index (χ2n) is 6.10. The molecule has 1 fully saturated rings. The average molecular weight is 260 g/mol. The number of rotatable bonds is 3. The van der Waals surface area contributed by atoms with Gasteiger partial charge in [-0.25, -0.2) is 0 Å². The maximum Gasteiger partial charge on any atom is 0.0424 e. The van der Waals surface area contributed by atoms with Crippen LogP contribution in [-0.2, 0) is 0 Å². The fourth-order valence-electron chi connectivity index (χ4n) is 3.10. The van der Waals surface area contributed by atoms with Crippen LogP contribution in [0.3, 0.4) is 0 Å². The van der Waals surface area contributed by atoms with Gasteiger partial charge in [0.2, 0.25) is 0 Å². The van der Waals surface area contributed by atoms with E-state index in [0.29, 0.717) is 0 Å². The highest BCUT2D eigenvalue weighted by Gasteiger charge is 2.14. The van der Waals surface area contributed by atoms with Crippen LogP contribution in [0.15, 0.2) is 18.2 Å². The van der Waals surface area contributed by atoms with E-state index >= 15 is 0 Å². The molecular formula is C17H28N2. The molecule has 1 aromatic carbocycles. The molecule has 1 aromatic rings. The van der Waals surface area contributed by atoms with E-state index in [1.165, 1.54) is 61.9 Å². The normalized spacial score (nSPS) is 19.7. The molecule has 0 spiro atoms. The lowest BCUT2D eigenvalue weighted by molar-refractivity contribution is 0.234. The Labute approximate surface area is 118 Å². The van der Waals surface area contributed by atoms with Crippen molar-refractivity contribution in [3.63, 3.8) is 0 Å². The van der Waals surface area contributed by atoms with Crippen molar-refractivity contribution in [2.24, 2.45) is 5.73 Å². The van der Waals surface area contributed by atoms with Crippen LogP contribution in [0.2, 0.25) is 0 Å². The van der Waals surface area contributed by atoms with Gasteiger partial charge in [-0.2, -0.15) is 0 Å². The summed E-state index contributed by atoms with van der Waals surface area (Å²) in [6.07, 6.45) is 6.85. The van der Waals surface area contributed by atoms with Gasteiger partial charge in [-0.05, 0) is 45.3 Å². The number of nitrogens with two attached hydrogens (primary N) is 1. The van der Waals surface area contributed by atoms with Crippen LogP contribution in [0.4, 0.5) is 0 Å². The Morgan fingerprint density at radius 2 is 1.47 bits per heavy atom. The molecule has 0 bridgehead atoms. The van der Waals surface area contributed by atoms with Gasteiger partial charge in [-0.15, -0.1) is 0 Å². The van der Waals surface area contributed by atoms with E-state index in [1.807, 2.05) is 0 Å². The second-order valence-corrected chi connectivity index (χ2v) is 6.10. The van der Waals surface area contributed by atoms with Gasteiger partial charge in [-0.1, -0.05) is 48.6 Å². The minimum Gasteiger partial charge on any atom is -0.323 e. The van der Waals surface area contributed by atoms with E-state index in [2.05, 4.69) is 36.9 Å². The Balaban J connectivity index is 1.96. The smallest absolute Gasteiger partial charge is 0.0424 e. The molecule has 1 aliphatic heterocycles. The molecule has 2 heteroatoms. The summed E-state index contributed by atoms with van der Waals surface area (Å²) in [5.74, 6) is 0. The third-order valence-electron chi connectivity index (χ3n) is 4.08. The Bertz CT molecular complexity index is 372. The first-order valence-electron chi connectivity index (χ1n) is 7.71. The summed E-state index contributed by atoms with van der Waals surface area (Å²) in [6.45, 7) is 7.75. The molecule has 0 amide bonds. The lowest BCUT2D eigenvalue weighted by Gasteiger charge is -2.27. The van der Waals surface area contributed by atoms with Gasteiger partial charge in [0.15, 0.2) is 0 Å². The summed E-state index contributed by atoms with van der Waals surface area (Å²) >= 11 is 0. The Hall–Kier alpha value is -0.860. The Morgan fingerprint density at radius 1 is 0.947 bits per heavy atom. The van der Waals surface area contributed by atoms with Gasteiger partial charge in [0, 0.05) is 12.6 Å². The number of benzene rings is 1. The zero-order valence-corrected chi connectivity index (χ0v) is 12.5. The quantitative estimate of drug-likeness (QED) is 0.900.